The maximum atomic E-state index is 12.2. The molecule has 0 bridgehead atoms. The molecule has 0 aliphatic rings. The van der Waals surface area contributed by atoms with Crippen molar-refractivity contribution in [1.29, 1.82) is 0 Å². The molecule has 0 saturated heterocycles. The molecule has 11 heteroatoms. The number of aliphatic carboxylic acids is 2. The Morgan fingerprint density at radius 3 is 1.75 bits per heavy atom. The summed E-state index contributed by atoms with van der Waals surface area (Å²) in [4.78, 5) is 57.9. The van der Waals surface area contributed by atoms with E-state index in [-0.39, 0.29) is 18.8 Å². The lowest BCUT2D eigenvalue weighted by molar-refractivity contribution is -0.143. The van der Waals surface area contributed by atoms with E-state index in [0.717, 1.165) is 0 Å². The lowest BCUT2D eigenvalue weighted by Gasteiger charge is -2.23. The van der Waals surface area contributed by atoms with Crippen LogP contribution in [0.4, 0.5) is 0 Å². The second kappa shape index (κ2) is 11.9. The first-order chi connectivity index (χ1) is 12.9. The first-order valence-electron chi connectivity index (χ1n) is 9.01. The van der Waals surface area contributed by atoms with Gasteiger partial charge in [0.1, 0.15) is 18.1 Å². The number of carbonyl (C=O) groups excluding carboxylic acids is 3. The average Bonchev–Trinajstić information content (AvgIpc) is 2.62. The molecule has 0 heterocycles. The molecule has 0 aromatic heterocycles. The van der Waals surface area contributed by atoms with Crippen molar-refractivity contribution in [1.82, 2.24) is 16.0 Å². The van der Waals surface area contributed by atoms with Crippen LogP contribution in [0.15, 0.2) is 0 Å². The number of hydrogen-bond donors (Lipinski definition) is 6. The smallest absolute Gasteiger partial charge is 0.326 e. The van der Waals surface area contributed by atoms with Crippen molar-refractivity contribution in [2.45, 2.75) is 71.1 Å². The standard InChI is InChI=1S/C17H30N4O7/c1-5-8(2)13(17(27)28)21-15(25)10(4)19-14(24)9(3)20-16(26)11(18)6-7-12(22)23/h8-11,13H,5-7,18H2,1-4H3,(H,19,24)(H,20,26)(H,21,25)(H,22,23)(H,27,28). The van der Waals surface area contributed by atoms with E-state index in [1.54, 1.807) is 13.8 Å². The summed E-state index contributed by atoms with van der Waals surface area (Å²) in [6.07, 6.45) is 0.178. The van der Waals surface area contributed by atoms with Gasteiger partial charge in [-0.15, -0.1) is 0 Å². The van der Waals surface area contributed by atoms with Gasteiger partial charge in [-0.2, -0.15) is 0 Å². The summed E-state index contributed by atoms with van der Waals surface area (Å²) in [6, 6.07) is -4.22. The molecule has 0 aromatic carbocycles. The largest absolute Gasteiger partial charge is 0.481 e. The molecule has 0 radical (unpaired) electrons. The first-order valence-corrected chi connectivity index (χ1v) is 9.01. The monoisotopic (exact) mass is 402 g/mol. The normalized spacial score (nSPS) is 16.0. The molecule has 0 saturated carbocycles. The van der Waals surface area contributed by atoms with Crippen LogP contribution in [0.2, 0.25) is 0 Å². The van der Waals surface area contributed by atoms with E-state index < -0.39 is 53.8 Å². The zero-order chi connectivity index (χ0) is 22.0. The lowest BCUT2D eigenvalue weighted by Crippen LogP contribution is -2.56. The van der Waals surface area contributed by atoms with Gasteiger partial charge in [0.05, 0.1) is 6.04 Å². The van der Waals surface area contributed by atoms with Crippen LogP contribution in [0.1, 0.15) is 47.0 Å². The summed E-state index contributed by atoms with van der Waals surface area (Å²) in [6.45, 7) is 6.24. The van der Waals surface area contributed by atoms with Gasteiger partial charge in [-0.25, -0.2) is 4.79 Å². The summed E-state index contributed by atoms with van der Waals surface area (Å²) < 4.78 is 0. The second-order valence-corrected chi connectivity index (χ2v) is 6.71. The summed E-state index contributed by atoms with van der Waals surface area (Å²) in [5.74, 6) is -4.59. The molecule has 160 valence electrons. The Hall–Kier alpha value is -2.69. The topological polar surface area (TPSA) is 188 Å². The number of hydrogen-bond acceptors (Lipinski definition) is 6. The second-order valence-electron chi connectivity index (χ2n) is 6.71. The molecule has 11 nitrogen and oxygen atoms in total. The van der Waals surface area contributed by atoms with Crippen LogP contribution in [0.3, 0.4) is 0 Å². The van der Waals surface area contributed by atoms with Crippen LogP contribution in [0.5, 0.6) is 0 Å². The van der Waals surface area contributed by atoms with E-state index in [1.165, 1.54) is 13.8 Å². The molecule has 5 unspecified atom stereocenters. The highest BCUT2D eigenvalue weighted by molar-refractivity contribution is 5.93. The van der Waals surface area contributed by atoms with E-state index in [2.05, 4.69) is 16.0 Å². The van der Waals surface area contributed by atoms with E-state index in [0.29, 0.717) is 6.42 Å². The molecule has 3 amide bonds. The third-order valence-corrected chi connectivity index (χ3v) is 4.29. The molecule has 0 aromatic rings. The highest BCUT2D eigenvalue weighted by Gasteiger charge is 2.29. The highest BCUT2D eigenvalue weighted by Crippen LogP contribution is 2.08. The zero-order valence-corrected chi connectivity index (χ0v) is 16.5. The Kier molecular flexibility index (Phi) is 10.8. The average molecular weight is 402 g/mol. The quantitative estimate of drug-likeness (QED) is 0.235. The molecular formula is C17H30N4O7. The van der Waals surface area contributed by atoms with E-state index in [4.69, 9.17) is 10.8 Å². The fourth-order valence-corrected chi connectivity index (χ4v) is 2.16. The van der Waals surface area contributed by atoms with Crippen molar-refractivity contribution in [3.05, 3.63) is 0 Å². The maximum absolute atomic E-state index is 12.2. The van der Waals surface area contributed by atoms with Crippen LogP contribution in [-0.2, 0) is 24.0 Å². The molecule has 0 rings (SSSR count). The summed E-state index contributed by atoms with van der Waals surface area (Å²) in [7, 11) is 0. The van der Waals surface area contributed by atoms with Gasteiger partial charge >= 0.3 is 11.9 Å². The van der Waals surface area contributed by atoms with E-state index in [9.17, 15) is 29.1 Å². The van der Waals surface area contributed by atoms with Gasteiger partial charge in [-0.1, -0.05) is 20.3 Å². The number of amides is 3. The van der Waals surface area contributed by atoms with Gasteiger partial charge in [0, 0.05) is 6.42 Å². The number of rotatable bonds is 12. The van der Waals surface area contributed by atoms with Crippen molar-refractivity contribution < 1.29 is 34.2 Å². The number of carboxylic acids is 2. The fraction of sp³-hybridized carbons (Fsp3) is 0.706. The van der Waals surface area contributed by atoms with Crippen molar-refractivity contribution >= 4 is 29.7 Å². The van der Waals surface area contributed by atoms with Gasteiger partial charge in [0.2, 0.25) is 17.7 Å². The van der Waals surface area contributed by atoms with Gasteiger partial charge in [0.25, 0.3) is 0 Å². The van der Waals surface area contributed by atoms with Gasteiger partial charge < -0.3 is 31.9 Å². The molecule has 5 atom stereocenters. The molecule has 0 aliphatic carbocycles. The molecule has 0 aliphatic heterocycles. The summed E-state index contributed by atoms with van der Waals surface area (Å²) in [5, 5.41) is 24.9. The third kappa shape index (κ3) is 8.80. The van der Waals surface area contributed by atoms with Crippen LogP contribution in [-0.4, -0.2) is 64.0 Å². The van der Waals surface area contributed by atoms with Gasteiger partial charge in [-0.3, -0.25) is 19.2 Å². The van der Waals surface area contributed by atoms with E-state index >= 15 is 0 Å². The Morgan fingerprint density at radius 2 is 1.32 bits per heavy atom. The van der Waals surface area contributed by atoms with Crippen LogP contribution < -0.4 is 21.7 Å². The summed E-state index contributed by atoms with van der Waals surface area (Å²) in [5.41, 5.74) is 5.56. The lowest BCUT2D eigenvalue weighted by atomic mass is 9.99. The first kappa shape index (κ1) is 25.3. The zero-order valence-electron chi connectivity index (χ0n) is 16.5. The summed E-state index contributed by atoms with van der Waals surface area (Å²) >= 11 is 0. The Bertz CT molecular complexity index is 596. The Balaban J connectivity index is 4.66. The molecule has 28 heavy (non-hydrogen) atoms. The minimum atomic E-state index is -1.17. The number of nitrogens with one attached hydrogen (secondary N) is 3. The van der Waals surface area contributed by atoms with Crippen LogP contribution in [0, 0.1) is 5.92 Å². The minimum absolute atomic E-state index is 0.0828. The third-order valence-electron chi connectivity index (χ3n) is 4.29. The van der Waals surface area contributed by atoms with Crippen molar-refractivity contribution in [2.24, 2.45) is 11.7 Å². The van der Waals surface area contributed by atoms with Crippen molar-refractivity contribution in [3.8, 4) is 0 Å². The predicted octanol–water partition coefficient (Wildman–Crippen LogP) is -1.20. The Morgan fingerprint density at radius 1 is 0.857 bits per heavy atom. The number of nitrogens with two attached hydrogens (primary N) is 1. The Labute approximate surface area is 163 Å². The SMILES string of the molecule is CCC(C)C(NC(=O)C(C)NC(=O)C(C)NC(=O)C(N)CCC(=O)O)C(=O)O. The fourth-order valence-electron chi connectivity index (χ4n) is 2.16. The van der Waals surface area contributed by atoms with Gasteiger partial charge in [-0.05, 0) is 26.2 Å². The molecule has 0 spiro atoms. The highest BCUT2D eigenvalue weighted by atomic mass is 16.4. The molecule has 0 fully saturated rings. The van der Waals surface area contributed by atoms with Crippen molar-refractivity contribution in [2.75, 3.05) is 0 Å². The number of carbonyl (C=O) groups is 5. The minimum Gasteiger partial charge on any atom is -0.481 e. The molecule has 7 N–H and O–H groups in total. The van der Waals surface area contributed by atoms with Crippen molar-refractivity contribution in [3.63, 3.8) is 0 Å². The number of carboxylic acid groups (broad SMARTS) is 2. The molecular weight excluding hydrogens is 372 g/mol. The predicted molar refractivity (Wildman–Crippen MR) is 99.1 cm³/mol. The maximum Gasteiger partial charge on any atom is 0.326 e. The van der Waals surface area contributed by atoms with E-state index in [1.807, 2.05) is 0 Å². The van der Waals surface area contributed by atoms with Crippen LogP contribution >= 0.6 is 0 Å². The van der Waals surface area contributed by atoms with Crippen LogP contribution in [0.25, 0.3) is 0 Å². The van der Waals surface area contributed by atoms with Gasteiger partial charge in [0.15, 0.2) is 0 Å².